The molecule has 2 aromatic carbocycles. The molecule has 0 amide bonds. The van der Waals surface area contributed by atoms with Gasteiger partial charge < -0.3 is 4.98 Å². The number of anilines is 1. The Morgan fingerprint density at radius 3 is 2.72 bits per heavy atom. The van der Waals surface area contributed by atoms with Crippen molar-refractivity contribution >= 4 is 34.2 Å². The van der Waals surface area contributed by atoms with Gasteiger partial charge in [-0.25, -0.2) is 10.1 Å². The number of nitrogens with one attached hydrogen (secondary N) is 3. The molecule has 0 spiro atoms. The lowest BCUT2D eigenvalue weighted by molar-refractivity contribution is 0.835. The number of rotatable bonds is 4. The van der Waals surface area contributed by atoms with E-state index in [0.717, 1.165) is 16.6 Å². The molecule has 0 saturated carbocycles. The summed E-state index contributed by atoms with van der Waals surface area (Å²) in [5.41, 5.74) is 6.70. The highest BCUT2D eigenvalue weighted by Crippen LogP contribution is 2.21. The van der Waals surface area contributed by atoms with Crippen LogP contribution in [0.3, 0.4) is 0 Å². The molecular formula is C20H16N8O. The lowest BCUT2D eigenvalue weighted by atomic mass is 10.2. The zero-order chi connectivity index (χ0) is 19.8. The molecular weight excluding hydrogens is 368 g/mol. The maximum Gasteiger partial charge on any atom is 0.280 e. The second kappa shape index (κ2) is 6.71. The summed E-state index contributed by atoms with van der Waals surface area (Å²) in [4.78, 5) is 20.3. The van der Waals surface area contributed by atoms with E-state index < -0.39 is 0 Å². The Morgan fingerprint density at radius 1 is 1.07 bits per heavy atom. The zero-order valence-corrected chi connectivity index (χ0v) is 15.4. The molecule has 9 heteroatoms. The lowest BCUT2D eigenvalue weighted by Gasteiger charge is -1.99. The molecule has 3 aromatic heterocycles. The Morgan fingerprint density at radius 2 is 1.86 bits per heavy atom. The van der Waals surface area contributed by atoms with E-state index in [4.69, 9.17) is 0 Å². The third-order valence-electron chi connectivity index (χ3n) is 4.61. The summed E-state index contributed by atoms with van der Waals surface area (Å²) in [5, 5.41) is 16.4. The molecule has 0 radical (unpaired) electrons. The van der Waals surface area contributed by atoms with E-state index in [0.29, 0.717) is 22.4 Å². The van der Waals surface area contributed by atoms with Crippen LogP contribution in [-0.4, -0.2) is 36.2 Å². The standard InChI is InChI=1S/C20H16N8O/c1-12-15(19(29)28(27-12)13-7-3-2-4-8-13)11-21-25-20-23-18-17(24-26-20)14-9-5-6-10-16(14)22-18/h2-11,27H,1H3,(H2,22,23,25,26). The molecule has 0 bridgehead atoms. The highest BCUT2D eigenvalue weighted by molar-refractivity contribution is 6.03. The molecule has 3 N–H and O–H groups in total. The van der Waals surface area contributed by atoms with Gasteiger partial charge in [0, 0.05) is 16.6 Å². The summed E-state index contributed by atoms with van der Waals surface area (Å²) >= 11 is 0. The molecule has 0 fully saturated rings. The van der Waals surface area contributed by atoms with Crippen molar-refractivity contribution in [3.63, 3.8) is 0 Å². The van der Waals surface area contributed by atoms with Crippen LogP contribution in [0, 0.1) is 6.92 Å². The van der Waals surface area contributed by atoms with Gasteiger partial charge in [0.25, 0.3) is 11.5 Å². The van der Waals surface area contributed by atoms with Crippen LogP contribution in [0.4, 0.5) is 5.95 Å². The maximum atomic E-state index is 12.7. The summed E-state index contributed by atoms with van der Waals surface area (Å²) in [6.07, 6.45) is 1.45. The van der Waals surface area contributed by atoms with Crippen molar-refractivity contribution < 1.29 is 0 Å². The molecule has 0 aliphatic carbocycles. The van der Waals surface area contributed by atoms with Crippen LogP contribution >= 0.6 is 0 Å². The zero-order valence-electron chi connectivity index (χ0n) is 15.4. The van der Waals surface area contributed by atoms with Gasteiger partial charge in [-0.2, -0.15) is 10.1 Å². The van der Waals surface area contributed by atoms with E-state index in [1.54, 1.807) is 0 Å². The van der Waals surface area contributed by atoms with Crippen LogP contribution in [0.15, 0.2) is 64.5 Å². The van der Waals surface area contributed by atoms with E-state index in [2.05, 4.69) is 35.8 Å². The SMILES string of the molecule is Cc1[nH]n(-c2ccccc2)c(=O)c1C=NNc1nnc2c(n1)[nH]c1ccccc12. The maximum absolute atomic E-state index is 12.7. The van der Waals surface area contributed by atoms with E-state index in [9.17, 15) is 4.79 Å². The van der Waals surface area contributed by atoms with Gasteiger partial charge in [-0.3, -0.25) is 9.89 Å². The predicted molar refractivity (Wildman–Crippen MR) is 112 cm³/mol. The number of benzene rings is 2. The van der Waals surface area contributed by atoms with Crippen molar-refractivity contribution in [3.05, 3.63) is 76.2 Å². The molecule has 5 aromatic rings. The van der Waals surface area contributed by atoms with Crippen LogP contribution in [0.2, 0.25) is 0 Å². The molecule has 142 valence electrons. The number of hydrogen-bond acceptors (Lipinski definition) is 6. The summed E-state index contributed by atoms with van der Waals surface area (Å²) in [6.45, 7) is 1.82. The fourth-order valence-corrected chi connectivity index (χ4v) is 3.19. The van der Waals surface area contributed by atoms with Crippen molar-refractivity contribution in [1.82, 2.24) is 29.9 Å². The predicted octanol–water partition coefficient (Wildman–Crippen LogP) is 2.74. The Labute approximate surface area is 164 Å². The normalized spacial score (nSPS) is 11.6. The first-order chi connectivity index (χ1) is 14.2. The van der Waals surface area contributed by atoms with Crippen molar-refractivity contribution in [2.24, 2.45) is 5.10 Å². The molecule has 0 atom stereocenters. The second-order valence-electron chi connectivity index (χ2n) is 6.50. The highest BCUT2D eigenvalue weighted by Gasteiger charge is 2.11. The average molecular weight is 384 g/mol. The first-order valence-corrected chi connectivity index (χ1v) is 8.98. The minimum Gasteiger partial charge on any atom is -0.338 e. The number of aromatic nitrogens is 6. The third-order valence-corrected chi connectivity index (χ3v) is 4.61. The first-order valence-electron chi connectivity index (χ1n) is 8.98. The van der Waals surface area contributed by atoms with Crippen LogP contribution in [-0.2, 0) is 0 Å². The molecule has 3 heterocycles. The number of aryl methyl sites for hydroxylation is 1. The molecule has 0 saturated heterocycles. The van der Waals surface area contributed by atoms with Gasteiger partial charge in [0.1, 0.15) is 5.52 Å². The summed E-state index contributed by atoms with van der Waals surface area (Å²) < 4.78 is 1.48. The molecule has 5 rings (SSSR count). The number of H-pyrrole nitrogens is 2. The van der Waals surface area contributed by atoms with Crippen molar-refractivity contribution in [3.8, 4) is 5.69 Å². The van der Waals surface area contributed by atoms with Crippen molar-refractivity contribution in [2.75, 3.05) is 5.43 Å². The fourth-order valence-electron chi connectivity index (χ4n) is 3.19. The first kappa shape index (κ1) is 16.9. The van der Waals surface area contributed by atoms with Crippen LogP contribution < -0.4 is 11.0 Å². The average Bonchev–Trinajstić information content (AvgIpc) is 3.26. The fraction of sp³-hybridized carbons (Fsp3) is 0.0500. The van der Waals surface area contributed by atoms with Crippen LogP contribution in [0.25, 0.3) is 27.8 Å². The number of fused-ring (bicyclic) bond motifs is 3. The van der Waals surface area contributed by atoms with E-state index >= 15 is 0 Å². The smallest absolute Gasteiger partial charge is 0.280 e. The number of nitrogens with zero attached hydrogens (tertiary/aromatic N) is 5. The summed E-state index contributed by atoms with van der Waals surface area (Å²) in [7, 11) is 0. The molecule has 29 heavy (non-hydrogen) atoms. The second-order valence-corrected chi connectivity index (χ2v) is 6.50. The van der Waals surface area contributed by atoms with Gasteiger partial charge in [0.05, 0.1) is 17.5 Å². The van der Waals surface area contributed by atoms with Gasteiger partial charge >= 0.3 is 0 Å². The molecule has 0 unspecified atom stereocenters. The minimum atomic E-state index is -0.190. The van der Waals surface area contributed by atoms with Crippen LogP contribution in [0.5, 0.6) is 0 Å². The summed E-state index contributed by atoms with van der Waals surface area (Å²) in [6, 6.07) is 17.1. The van der Waals surface area contributed by atoms with Gasteiger partial charge in [-0.05, 0) is 25.1 Å². The number of aromatic amines is 2. The van der Waals surface area contributed by atoms with E-state index in [-0.39, 0.29) is 11.5 Å². The van der Waals surface area contributed by atoms with Crippen molar-refractivity contribution in [2.45, 2.75) is 6.92 Å². The third kappa shape index (κ3) is 2.94. The largest absolute Gasteiger partial charge is 0.338 e. The monoisotopic (exact) mass is 384 g/mol. The Balaban J connectivity index is 1.42. The Hall–Kier alpha value is -4.27. The Bertz CT molecular complexity index is 1410. The molecule has 9 nitrogen and oxygen atoms in total. The number of hydrogen-bond donors (Lipinski definition) is 3. The van der Waals surface area contributed by atoms with Gasteiger partial charge in [-0.1, -0.05) is 36.4 Å². The van der Waals surface area contributed by atoms with Gasteiger partial charge in [0.2, 0.25) is 0 Å². The number of para-hydroxylation sites is 2. The summed E-state index contributed by atoms with van der Waals surface area (Å²) in [5.74, 6) is 0.233. The van der Waals surface area contributed by atoms with E-state index in [1.165, 1.54) is 10.9 Å². The van der Waals surface area contributed by atoms with Crippen LogP contribution in [0.1, 0.15) is 11.3 Å². The lowest BCUT2D eigenvalue weighted by Crippen LogP contribution is -2.17. The Kier molecular flexibility index (Phi) is 3.91. The minimum absolute atomic E-state index is 0.190. The molecule has 0 aliphatic rings. The number of hydrazone groups is 1. The van der Waals surface area contributed by atoms with Crippen molar-refractivity contribution in [1.29, 1.82) is 0 Å². The topological polar surface area (TPSA) is 117 Å². The quantitative estimate of drug-likeness (QED) is 0.325. The van der Waals surface area contributed by atoms with Gasteiger partial charge in [0.15, 0.2) is 5.65 Å². The van der Waals surface area contributed by atoms with Gasteiger partial charge in [-0.15, -0.1) is 10.2 Å². The molecule has 0 aliphatic heterocycles. The highest BCUT2D eigenvalue weighted by atomic mass is 16.1. The van der Waals surface area contributed by atoms with E-state index in [1.807, 2.05) is 61.5 Å².